The minimum Gasteiger partial charge on any atom is -0.493 e. The first-order valence-corrected chi connectivity index (χ1v) is 6.86. The van der Waals surface area contributed by atoms with Crippen LogP contribution in [-0.2, 0) is 11.3 Å². The van der Waals surface area contributed by atoms with Gasteiger partial charge in [0.15, 0.2) is 11.5 Å². The molecule has 0 saturated heterocycles. The largest absolute Gasteiger partial charge is 0.493 e. The Hall–Kier alpha value is -2.57. The van der Waals surface area contributed by atoms with Crippen molar-refractivity contribution in [3.8, 4) is 11.5 Å². The summed E-state index contributed by atoms with van der Waals surface area (Å²) in [5, 5.41) is 4.00. The van der Waals surface area contributed by atoms with Crippen molar-refractivity contribution in [1.82, 2.24) is 19.7 Å². The molecule has 2 rings (SSSR count). The number of likely N-dealkylation sites (N-methyl/N-ethyl adjacent to an activating group) is 1. The molecule has 0 aliphatic carbocycles. The highest BCUT2D eigenvalue weighted by Crippen LogP contribution is 2.28. The third-order valence-electron chi connectivity index (χ3n) is 3.43. The molecular weight excluding hydrogens is 284 g/mol. The molecule has 7 nitrogen and oxygen atoms in total. The Kier molecular flexibility index (Phi) is 4.98. The van der Waals surface area contributed by atoms with Gasteiger partial charge in [0.2, 0.25) is 5.91 Å². The molecule has 0 spiro atoms. The van der Waals surface area contributed by atoms with Crippen LogP contribution in [0.3, 0.4) is 0 Å². The van der Waals surface area contributed by atoms with E-state index in [1.165, 1.54) is 17.3 Å². The number of hydrogen-bond donors (Lipinski definition) is 0. The Labute approximate surface area is 129 Å². The highest BCUT2D eigenvalue weighted by Gasteiger charge is 2.20. The summed E-state index contributed by atoms with van der Waals surface area (Å²) in [5.74, 6) is 1.27. The lowest BCUT2D eigenvalue weighted by Gasteiger charge is -2.22. The summed E-state index contributed by atoms with van der Waals surface area (Å²) < 4.78 is 12.0. The Morgan fingerprint density at radius 3 is 2.64 bits per heavy atom. The van der Waals surface area contributed by atoms with Crippen LogP contribution in [-0.4, -0.2) is 46.8 Å². The van der Waals surface area contributed by atoms with E-state index in [1.807, 2.05) is 18.2 Å². The van der Waals surface area contributed by atoms with Gasteiger partial charge < -0.3 is 14.4 Å². The summed E-state index contributed by atoms with van der Waals surface area (Å²) >= 11 is 0. The molecule has 1 heterocycles. The van der Waals surface area contributed by atoms with Crippen LogP contribution in [0.5, 0.6) is 11.5 Å². The molecule has 2 aromatic rings. The third kappa shape index (κ3) is 3.36. The number of aromatic nitrogens is 3. The van der Waals surface area contributed by atoms with Crippen LogP contribution < -0.4 is 9.47 Å². The van der Waals surface area contributed by atoms with E-state index in [-0.39, 0.29) is 5.91 Å². The predicted octanol–water partition coefficient (Wildman–Crippen LogP) is 1.51. The molecule has 0 fully saturated rings. The van der Waals surface area contributed by atoms with Crippen LogP contribution >= 0.6 is 0 Å². The van der Waals surface area contributed by atoms with Gasteiger partial charge in [0, 0.05) is 13.6 Å². The van der Waals surface area contributed by atoms with Gasteiger partial charge in [0.25, 0.3) is 0 Å². The third-order valence-corrected chi connectivity index (χ3v) is 3.43. The number of rotatable bonds is 6. The maximum atomic E-state index is 12.4. The van der Waals surface area contributed by atoms with E-state index in [4.69, 9.17) is 9.47 Å². The monoisotopic (exact) mass is 304 g/mol. The number of benzene rings is 1. The van der Waals surface area contributed by atoms with Gasteiger partial charge in [0.1, 0.15) is 18.7 Å². The molecule has 1 aromatic heterocycles. The molecule has 118 valence electrons. The molecule has 1 atom stereocenters. The summed E-state index contributed by atoms with van der Waals surface area (Å²) in [5.41, 5.74) is 0.958. The molecule has 0 saturated carbocycles. The number of carbonyl (C=O) groups is 1. The summed E-state index contributed by atoms with van der Waals surface area (Å²) in [6, 6.07) is 5.20. The molecule has 22 heavy (non-hydrogen) atoms. The minimum absolute atomic E-state index is 0.0414. The van der Waals surface area contributed by atoms with Crippen molar-refractivity contribution in [2.24, 2.45) is 0 Å². The lowest BCUT2D eigenvalue weighted by molar-refractivity contribution is -0.133. The van der Waals surface area contributed by atoms with Gasteiger partial charge in [-0.15, -0.1) is 0 Å². The zero-order valence-corrected chi connectivity index (χ0v) is 13.2. The molecule has 0 N–H and O–H groups in total. The van der Waals surface area contributed by atoms with E-state index in [1.54, 1.807) is 33.1 Å². The van der Waals surface area contributed by atoms with Crippen molar-refractivity contribution in [2.75, 3.05) is 21.3 Å². The van der Waals surface area contributed by atoms with E-state index in [9.17, 15) is 4.79 Å². The number of methoxy groups -OCH3 is 2. The summed E-state index contributed by atoms with van der Waals surface area (Å²) in [6.07, 6.45) is 2.95. The smallest absolute Gasteiger partial charge is 0.247 e. The van der Waals surface area contributed by atoms with Gasteiger partial charge in [0.05, 0.1) is 14.2 Å². The van der Waals surface area contributed by atoms with Gasteiger partial charge >= 0.3 is 0 Å². The average Bonchev–Trinajstić information content (AvgIpc) is 3.07. The van der Waals surface area contributed by atoms with E-state index in [2.05, 4.69) is 10.1 Å². The van der Waals surface area contributed by atoms with Gasteiger partial charge in [-0.05, 0) is 24.6 Å². The second-order valence-corrected chi connectivity index (χ2v) is 4.94. The summed E-state index contributed by atoms with van der Waals surface area (Å²) in [7, 11) is 4.93. The Balaban J connectivity index is 2.08. The topological polar surface area (TPSA) is 69.5 Å². The van der Waals surface area contributed by atoms with Crippen molar-refractivity contribution in [1.29, 1.82) is 0 Å². The second-order valence-electron chi connectivity index (χ2n) is 4.94. The second kappa shape index (κ2) is 6.93. The quantitative estimate of drug-likeness (QED) is 0.809. The molecule has 0 aliphatic rings. The van der Waals surface area contributed by atoms with Crippen LogP contribution in [0.1, 0.15) is 18.5 Å². The molecule has 0 bridgehead atoms. The lowest BCUT2D eigenvalue weighted by Crippen LogP contribution is -2.33. The van der Waals surface area contributed by atoms with Gasteiger partial charge in [-0.3, -0.25) is 4.79 Å². The van der Waals surface area contributed by atoms with Gasteiger partial charge in [-0.1, -0.05) is 6.07 Å². The zero-order chi connectivity index (χ0) is 16.1. The van der Waals surface area contributed by atoms with E-state index in [0.717, 1.165) is 5.56 Å². The first-order valence-electron chi connectivity index (χ1n) is 6.86. The molecule has 1 amide bonds. The lowest BCUT2D eigenvalue weighted by atomic mass is 10.1. The Morgan fingerprint density at radius 1 is 1.32 bits per heavy atom. The number of carbonyl (C=O) groups excluding carboxylic acids is 1. The van der Waals surface area contributed by atoms with E-state index >= 15 is 0 Å². The van der Waals surface area contributed by atoms with Crippen LogP contribution in [0.25, 0.3) is 0 Å². The minimum atomic E-state index is -0.396. The molecule has 7 heteroatoms. The van der Waals surface area contributed by atoms with Crippen molar-refractivity contribution in [3.63, 3.8) is 0 Å². The van der Waals surface area contributed by atoms with Crippen LogP contribution in [0.4, 0.5) is 0 Å². The summed E-state index contributed by atoms with van der Waals surface area (Å²) in [4.78, 5) is 17.9. The molecule has 0 radical (unpaired) electrons. The Bertz CT molecular complexity index is 628. The highest BCUT2D eigenvalue weighted by molar-refractivity contribution is 5.79. The maximum absolute atomic E-state index is 12.4. The first kappa shape index (κ1) is 15.8. The number of ether oxygens (including phenoxy) is 2. The first-order chi connectivity index (χ1) is 10.6. The average molecular weight is 304 g/mol. The molecule has 0 unspecified atom stereocenters. The fourth-order valence-electron chi connectivity index (χ4n) is 2.18. The van der Waals surface area contributed by atoms with E-state index in [0.29, 0.717) is 18.0 Å². The SMILES string of the molecule is COc1ccc(CN(C)C(=O)[C@@H](C)n2cncn2)cc1OC. The van der Waals surface area contributed by atoms with Crippen LogP contribution in [0, 0.1) is 0 Å². The predicted molar refractivity (Wildman–Crippen MR) is 80.8 cm³/mol. The van der Waals surface area contributed by atoms with Crippen molar-refractivity contribution in [2.45, 2.75) is 19.5 Å². The molecular formula is C15H20N4O3. The molecule has 0 aliphatic heterocycles. The van der Waals surface area contributed by atoms with Gasteiger partial charge in [-0.25, -0.2) is 9.67 Å². The zero-order valence-electron chi connectivity index (χ0n) is 13.2. The Morgan fingerprint density at radius 2 is 2.05 bits per heavy atom. The highest BCUT2D eigenvalue weighted by atomic mass is 16.5. The normalized spacial score (nSPS) is 11.8. The van der Waals surface area contributed by atoms with E-state index < -0.39 is 6.04 Å². The fraction of sp³-hybridized carbons (Fsp3) is 0.400. The number of amides is 1. The van der Waals surface area contributed by atoms with Gasteiger partial charge in [-0.2, -0.15) is 5.10 Å². The maximum Gasteiger partial charge on any atom is 0.247 e. The van der Waals surface area contributed by atoms with Crippen molar-refractivity contribution in [3.05, 3.63) is 36.4 Å². The summed E-state index contributed by atoms with van der Waals surface area (Å²) in [6.45, 7) is 2.26. The van der Waals surface area contributed by atoms with Crippen molar-refractivity contribution < 1.29 is 14.3 Å². The molecule has 1 aromatic carbocycles. The van der Waals surface area contributed by atoms with Crippen molar-refractivity contribution >= 4 is 5.91 Å². The number of hydrogen-bond acceptors (Lipinski definition) is 5. The van der Waals surface area contributed by atoms with Crippen LogP contribution in [0.15, 0.2) is 30.9 Å². The fourth-order valence-corrected chi connectivity index (χ4v) is 2.18. The number of nitrogens with zero attached hydrogens (tertiary/aromatic N) is 4. The van der Waals surface area contributed by atoms with Crippen LogP contribution in [0.2, 0.25) is 0 Å². The standard InChI is InChI=1S/C15H20N4O3/c1-11(19-10-16-9-17-19)15(20)18(2)8-12-5-6-13(21-3)14(7-12)22-4/h5-7,9-11H,8H2,1-4H3/t11-/m1/s1.